The molecule has 2 aromatic heterocycles. The number of H-pyrrole nitrogens is 1. The molecule has 0 spiro atoms. The van der Waals surface area contributed by atoms with Gasteiger partial charge < -0.3 is 14.6 Å². The van der Waals surface area contributed by atoms with Gasteiger partial charge in [0.15, 0.2) is 11.9 Å². The van der Waals surface area contributed by atoms with Crippen molar-refractivity contribution in [3.63, 3.8) is 0 Å². The molecule has 0 radical (unpaired) electrons. The van der Waals surface area contributed by atoms with Crippen LogP contribution in [0.25, 0.3) is 11.6 Å². The fourth-order valence-corrected chi connectivity index (χ4v) is 1.61. The van der Waals surface area contributed by atoms with Gasteiger partial charge in [-0.25, -0.2) is 4.98 Å². The van der Waals surface area contributed by atoms with E-state index in [9.17, 15) is 5.11 Å². The van der Waals surface area contributed by atoms with E-state index in [-0.39, 0.29) is 5.89 Å². The Balaban J connectivity index is 1.90. The number of aliphatic hydroxyl groups is 1. The maximum Gasteiger partial charge on any atom is 0.260 e. The monoisotopic (exact) mass is 242 g/mol. The minimum Gasteiger partial charge on any atom is -0.378 e. The topological polar surface area (TPSA) is 87.8 Å². The minimum atomic E-state index is -0.928. The number of aromatic amines is 1. The molecule has 0 bridgehead atoms. The molecule has 3 aromatic rings. The second-order valence-electron chi connectivity index (χ2n) is 3.71. The maximum absolute atomic E-state index is 10.1. The first-order valence-electron chi connectivity index (χ1n) is 5.41. The predicted molar refractivity (Wildman–Crippen MR) is 62.4 cm³/mol. The average Bonchev–Trinajstić information content (AvgIpc) is 3.09. The predicted octanol–water partition coefficient (Wildman–Crippen LogP) is 1.54. The molecule has 3 rings (SSSR count). The molecule has 0 saturated heterocycles. The molecular formula is C12H10N4O2. The number of hydrogen-bond donors (Lipinski definition) is 2. The first-order valence-corrected chi connectivity index (χ1v) is 5.41. The normalized spacial score (nSPS) is 12.5. The molecule has 6 heteroatoms. The van der Waals surface area contributed by atoms with Crippen molar-refractivity contribution in [2.24, 2.45) is 0 Å². The summed E-state index contributed by atoms with van der Waals surface area (Å²) in [5.74, 6) is 0.975. The van der Waals surface area contributed by atoms with Crippen molar-refractivity contribution in [1.29, 1.82) is 0 Å². The van der Waals surface area contributed by atoms with Gasteiger partial charge in [0.1, 0.15) is 0 Å². The zero-order valence-electron chi connectivity index (χ0n) is 9.32. The first kappa shape index (κ1) is 10.7. The molecule has 2 heterocycles. The van der Waals surface area contributed by atoms with Crippen LogP contribution >= 0.6 is 0 Å². The second kappa shape index (κ2) is 4.42. The van der Waals surface area contributed by atoms with Crippen molar-refractivity contribution >= 4 is 0 Å². The maximum atomic E-state index is 10.1. The number of benzene rings is 1. The summed E-state index contributed by atoms with van der Waals surface area (Å²) in [6.45, 7) is 0. The quantitative estimate of drug-likeness (QED) is 0.727. The highest BCUT2D eigenvalue weighted by Gasteiger charge is 2.19. The van der Waals surface area contributed by atoms with Crippen molar-refractivity contribution in [3.8, 4) is 11.6 Å². The Kier molecular flexibility index (Phi) is 2.62. The number of rotatable bonds is 3. The summed E-state index contributed by atoms with van der Waals surface area (Å²) >= 11 is 0. The molecular weight excluding hydrogens is 232 g/mol. The molecule has 6 nitrogen and oxygen atoms in total. The SMILES string of the molecule is OC(c1ccccc1)c1nc(-c2ncc[nH]2)no1. The van der Waals surface area contributed by atoms with Crippen LogP contribution in [0.3, 0.4) is 0 Å². The highest BCUT2D eigenvalue weighted by Crippen LogP contribution is 2.21. The zero-order valence-corrected chi connectivity index (χ0v) is 9.32. The third-order valence-electron chi connectivity index (χ3n) is 2.50. The lowest BCUT2D eigenvalue weighted by Crippen LogP contribution is -1.99. The van der Waals surface area contributed by atoms with Crippen LogP contribution in [0.2, 0.25) is 0 Å². The Morgan fingerprint density at radius 2 is 2.06 bits per heavy atom. The number of nitrogens with zero attached hydrogens (tertiary/aromatic N) is 3. The third kappa shape index (κ3) is 1.89. The zero-order chi connectivity index (χ0) is 12.4. The Morgan fingerprint density at radius 1 is 1.22 bits per heavy atom. The second-order valence-corrected chi connectivity index (χ2v) is 3.71. The van der Waals surface area contributed by atoms with Gasteiger partial charge in [0, 0.05) is 12.4 Å². The Bertz CT molecular complexity index is 619. The molecule has 1 atom stereocenters. The van der Waals surface area contributed by atoms with Crippen LogP contribution < -0.4 is 0 Å². The van der Waals surface area contributed by atoms with Gasteiger partial charge in [-0.3, -0.25) is 0 Å². The summed E-state index contributed by atoms with van der Waals surface area (Å²) in [6, 6.07) is 9.13. The Morgan fingerprint density at radius 3 is 2.78 bits per heavy atom. The van der Waals surface area contributed by atoms with E-state index >= 15 is 0 Å². The van der Waals surface area contributed by atoms with Gasteiger partial charge in [0.25, 0.3) is 5.89 Å². The number of imidazole rings is 1. The van der Waals surface area contributed by atoms with E-state index in [4.69, 9.17) is 4.52 Å². The number of nitrogens with one attached hydrogen (secondary N) is 1. The standard InChI is InChI=1S/C12H10N4O2/c17-9(8-4-2-1-3-5-8)12-15-11(16-18-12)10-13-6-7-14-10/h1-7,9,17H,(H,13,14). The molecule has 18 heavy (non-hydrogen) atoms. The smallest absolute Gasteiger partial charge is 0.260 e. The number of hydrogen-bond acceptors (Lipinski definition) is 5. The Labute approximate surface area is 102 Å². The molecule has 2 N–H and O–H groups in total. The summed E-state index contributed by atoms with van der Waals surface area (Å²) < 4.78 is 5.03. The van der Waals surface area contributed by atoms with Crippen molar-refractivity contribution in [2.75, 3.05) is 0 Å². The highest BCUT2D eigenvalue weighted by molar-refractivity contribution is 5.41. The Hall–Kier alpha value is -2.47. The van der Waals surface area contributed by atoms with Gasteiger partial charge >= 0.3 is 0 Å². The fraction of sp³-hybridized carbons (Fsp3) is 0.0833. The van der Waals surface area contributed by atoms with E-state index in [2.05, 4.69) is 20.1 Å². The molecule has 0 aliphatic carbocycles. The van der Waals surface area contributed by atoms with E-state index in [1.54, 1.807) is 24.5 Å². The fourth-order valence-electron chi connectivity index (χ4n) is 1.61. The largest absolute Gasteiger partial charge is 0.378 e. The summed E-state index contributed by atoms with van der Waals surface area (Å²) in [7, 11) is 0. The summed E-state index contributed by atoms with van der Waals surface area (Å²) in [6.07, 6.45) is 2.33. The van der Waals surface area contributed by atoms with E-state index < -0.39 is 6.10 Å². The molecule has 90 valence electrons. The average molecular weight is 242 g/mol. The third-order valence-corrected chi connectivity index (χ3v) is 2.50. The van der Waals surface area contributed by atoms with Crippen molar-refractivity contribution in [1.82, 2.24) is 20.1 Å². The van der Waals surface area contributed by atoms with E-state index in [0.717, 1.165) is 0 Å². The van der Waals surface area contributed by atoms with E-state index in [1.807, 2.05) is 18.2 Å². The molecule has 0 saturated carbocycles. The molecule has 0 fully saturated rings. The van der Waals surface area contributed by atoms with Crippen LogP contribution in [0.5, 0.6) is 0 Å². The highest BCUT2D eigenvalue weighted by atomic mass is 16.5. The first-order chi connectivity index (χ1) is 8.84. The molecule has 0 aliphatic rings. The number of aliphatic hydroxyl groups excluding tert-OH is 1. The minimum absolute atomic E-state index is 0.146. The van der Waals surface area contributed by atoms with Crippen LogP contribution in [-0.4, -0.2) is 25.2 Å². The van der Waals surface area contributed by atoms with Gasteiger partial charge in [0.2, 0.25) is 5.82 Å². The van der Waals surface area contributed by atoms with Crippen LogP contribution in [0.4, 0.5) is 0 Å². The van der Waals surface area contributed by atoms with Crippen molar-refractivity contribution < 1.29 is 9.63 Å². The summed E-state index contributed by atoms with van der Waals surface area (Å²) in [4.78, 5) is 11.0. The lowest BCUT2D eigenvalue weighted by Gasteiger charge is -2.04. The molecule has 1 unspecified atom stereocenters. The van der Waals surface area contributed by atoms with Crippen LogP contribution in [-0.2, 0) is 0 Å². The van der Waals surface area contributed by atoms with Gasteiger partial charge in [-0.2, -0.15) is 4.98 Å². The summed E-state index contributed by atoms with van der Waals surface area (Å²) in [5, 5.41) is 13.8. The van der Waals surface area contributed by atoms with Gasteiger partial charge in [-0.05, 0) is 5.56 Å². The van der Waals surface area contributed by atoms with Crippen LogP contribution in [0.15, 0.2) is 47.2 Å². The van der Waals surface area contributed by atoms with Crippen LogP contribution in [0.1, 0.15) is 17.6 Å². The lowest BCUT2D eigenvalue weighted by atomic mass is 10.1. The lowest BCUT2D eigenvalue weighted by molar-refractivity contribution is 0.170. The van der Waals surface area contributed by atoms with Crippen molar-refractivity contribution in [3.05, 3.63) is 54.2 Å². The number of aromatic nitrogens is 4. The molecule has 0 amide bonds. The van der Waals surface area contributed by atoms with Gasteiger partial charge in [-0.1, -0.05) is 35.5 Å². The van der Waals surface area contributed by atoms with Gasteiger partial charge in [0.05, 0.1) is 0 Å². The summed E-state index contributed by atoms with van der Waals surface area (Å²) in [5.41, 5.74) is 0.701. The van der Waals surface area contributed by atoms with Crippen LogP contribution in [0, 0.1) is 0 Å². The molecule has 0 aliphatic heterocycles. The molecule has 1 aromatic carbocycles. The van der Waals surface area contributed by atoms with Crippen molar-refractivity contribution in [2.45, 2.75) is 6.10 Å². The van der Waals surface area contributed by atoms with Gasteiger partial charge in [-0.15, -0.1) is 0 Å². The van der Waals surface area contributed by atoms with E-state index in [1.165, 1.54) is 0 Å². The van der Waals surface area contributed by atoms with E-state index in [0.29, 0.717) is 17.2 Å².